The van der Waals surface area contributed by atoms with E-state index in [1.165, 1.54) is 8.93 Å². The van der Waals surface area contributed by atoms with E-state index in [4.69, 9.17) is 16.0 Å². The summed E-state index contributed by atoms with van der Waals surface area (Å²) in [6, 6.07) is 13.7. The van der Waals surface area contributed by atoms with E-state index in [1.54, 1.807) is 0 Å². The van der Waals surface area contributed by atoms with Gasteiger partial charge in [-0.2, -0.15) is 0 Å². The number of hydrogen-bond acceptors (Lipinski definition) is 3. The maximum absolute atomic E-state index is 6.24. The zero-order chi connectivity index (χ0) is 12.5. The largest absolute Gasteiger partial charge is 0.446 e. The molecule has 2 nitrogen and oxygen atoms in total. The van der Waals surface area contributed by atoms with Gasteiger partial charge in [0.2, 0.25) is 0 Å². The van der Waals surface area contributed by atoms with Crippen LogP contribution in [0.3, 0.4) is 0 Å². The zero-order valence-corrected chi connectivity index (χ0v) is 12.8. The predicted octanol–water partition coefficient (Wildman–Crippen LogP) is 5.59. The fraction of sp³-hybridized carbons (Fsp3) is 0. The summed E-state index contributed by atoms with van der Waals surface area (Å²) in [6.45, 7) is 0. The molecule has 3 rings (SSSR count). The number of rotatable bonds is 2. The van der Waals surface area contributed by atoms with Crippen LogP contribution >= 0.6 is 41.7 Å². The van der Waals surface area contributed by atoms with E-state index < -0.39 is 0 Å². The molecule has 3 aromatic rings. The quantitative estimate of drug-likeness (QED) is 0.536. The molecule has 0 atom stereocenters. The van der Waals surface area contributed by atoms with Crippen LogP contribution in [0.1, 0.15) is 0 Å². The van der Waals surface area contributed by atoms with Crippen molar-refractivity contribution in [3.63, 3.8) is 0 Å². The monoisotopic (exact) mass is 387 g/mol. The van der Waals surface area contributed by atoms with Gasteiger partial charge in [0.25, 0.3) is 0 Å². The summed E-state index contributed by atoms with van der Waals surface area (Å²) < 4.78 is 5.60. The molecule has 0 saturated carbocycles. The van der Waals surface area contributed by atoms with E-state index in [1.807, 2.05) is 42.5 Å². The number of halogens is 2. The Hall–Kier alpha value is -0.720. The van der Waals surface area contributed by atoms with Crippen molar-refractivity contribution >= 4 is 52.8 Å². The van der Waals surface area contributed by atoms with Crippen LogP contribution in [-0.2, 0) is 0 Å². The lowest BCUT2D eigenvalue weighted by Gasteiger charge is -2.01. The molecular formula is C13H7ClINOS. The minimum atomic E-state index is 0.593. The highest BCUT2D eigenvalue weighted by atomic mass is 127. The second-order valence-corrected chi connectivity index (χ2v) is 6.00. The number of hydrogen-bond donors (Lipinski definition) is 0. The topological polar surface area (TPSA) is 26.0 Å². The number of furan rings is 1. The van der Waals surface area contributed by atoms with Gasteiger partial charge in [-0.3, -0.25) is 0 Å². The molecular weight excluding hydrogens is 381 g/mol. The smallest absolute Gasteiger partial charge is 0.173 e. The normalized spacial score (nSPS) is 11.0. The Morgan fingerprint density at radius 3 is 2.67 bits per heavy atom. The number of nitrogens with zero attached hydrogens (tertiary/aromatic N) is 1. The van der Waals surface area contributed by atoms with Crippen molar-refractivity contribution in [2.24, 2.45) is 0 Å². The Morgan fingerprint density at radius 2 is 1.94 bits per heavy atom. The van der Waals surface area contributed by atoms with E-state index in [0.717, 1.165) is 21.9 Å². The Bertz CT molecular complexity index is 699. The molecule has 0 bridgehead atoms. The molecule has 0 aliphatic heterocycles. The van der Waals surface area contributed by atoms with Crippen molar-refractivity contribution in [1.82, 2.24) is 4.98 Å². The zero-order valence-electron chi connectivity index (χ0n) is 9.06. The third-order valence-electron chi connectivity index (χ3n) is 2.56. The molecule has 0 N–H and O–H groups in total. The van der Waals surface area contributed by atoms with Gasteiger partial charge in [-0.15, -0.1) is 0 Å². The molecule has 0 spiro atoms. The van der Waals surface area contributed by atoms with Gasteiger partial charge in [0, 0.05) is 32.8 Å². The first-order valence-electron chi connectivity index (χ1n) is 5.22. The van der Waals surface area contributed by atoms with Crippen molar-refractivity contribution in [2.45, 2.75) is 5.09 Å². The van der Waals surface area contributed by atoms with Gasteiger partial charge < -0.3 is 4.42 Å². The second-order valence-electron chi connectivity index (χ2n) is 3.71. The second kappa shape index (κ2) is 5.11. The highest BCUT2D eigenvalue weighted by Gasteiger charge is 2.11. The van der Waals surface area contributed by atoms with Crippen LogP contribution in [0.5, 0.6) is 0 Å². The summed E-state index contributed by atoms with van der Waals surface area (Å²) >= 11 is 8.41. The van der Waals surface area contributed by atoms with Crippen molar-refractivity contribution in [2.75, 3.05) is 0 Å². The molecule has 18 heavy (non-hydrogen) atoms. The molecule has 5 heteroatoms. The van der Waals surface area contributed by atoms with Gasteiger partial charge in [-0.25, -0.2) is 4.98 Å². The van der Waals surface area contributed by atoms with Crippen LogP contribution in [-0.4, -0.2) is 4.98 Å². The average Bonchev–Trinajstić information content (AvgIpc) is 2.83. The molecule has 0 fully saturated rings. The molecule has 2 heterocycles. The fourth-order valence-corrected chi connectivity index (χ4v) is 2.92. The Kier molecular flexibility index (Phi) is 3.50. The number of benzene rings is 1. The van der Waals surface area contributed by atoms with Crippen LogP contribution in [0.25, 0.3) is 22.4 Å². The van der Waals surface area contributed by atoms with Gasteiger partial charge in [-0.1, -0.05) is 41.9 Å². The van der Waals surface area contributed by atoms with Crippen molar-refractivity contribution < 1.29 is 4.42 Å². The lowest BCUT2D eigenvalue weighted by atomic mass is 10.1. The molecule has 0 aliphatic rings. The summed E-state index contributed by atoms with van der Waals surface area (Å²) in [5, 5.41) is 1.40. The Balaban J connectivity index is 2.21. The third kappa shape index (κ3) is 2.24. The average molecular weight is 388 g/mol. The van der Waals surface area contributed by atoms with E-state index in [-0.39, 0.29) is 0 Å². The highest BCUT2D eigenvalue weighted by molar-refractivity contribution is 14.2. The van der Waals surface area contributed by atoms with Crippen molar-refractivity contribution in [3.8, 4) is 11.3 Å². The van der Waals surface area contributed by atoms with Gasteiger partial charge in [0.15, 0.2) is 10.7 Å². The molecule has 1 aromatic carbocycles. The molecule has 0 radical (unpaired) electrons. The molecule has 90 valence electrons. The maximum atomic E-state index is 6.24. The number of pyridine rings is 1. The first kappa shape index (κ1) is 12.3. The molecule has 0 amide bonds. The molecule has 0 saturated heterocycles. The molecule has 0 aliphatic carbocycles. The van der Waals surface area contributed by atoms with Crippen LogP contribution in [0.2, 0.25) is 5.02 Å². The SMILES string of the molecule is Clc1cc(-c2ccccc2)nc2cc(SI)oc12. The predicted molar refractivity (Wildman–Crippen MR) is 84.3 cm³/mol. The summed E-state index contributed by atoms with van der Waals surface area (Å²) in [4.78, 5) is 4.58. The minimum absolute atomic E-state index is 0.593. The van der Waals surface area contributed by atoms with Crippen LogP contribution in [0.4, 0.5) is 0 Å². The maximum Gasteiger partial charge on any atom is 0.173 e. The minimum Gasteiger partial charge on any atom is -0.446 e. The van der Waals surface area contributed by atoms with Gasteiger partial charge in [0.05, 0.1) is 10.7 Å². The third-order valence-corrected chi connectivity index (χ3v) is 4.49. The summed E-state index contributed by atoms with van der Waals surface area (Å²) in [7, 11) is 1.51. The van der Waals surface area contributed by atoms with E-state index >= 15 is 0 Å². The van der Waals surface area contributed by atoms with Crippen LogP contribution < -0.4 is 0 Å². The number of fused-ring (bicyclic) bond motifs is 1. The fourth-order valence-electron chi connectivity index (χ4n) is 1.76. The first-order valence-corrected chi connectivity index (χ1v) is 8.96. The van der Waals surface area contributed by atoms with Gasteiger partial charge >= 0.3 is 0 Å². The lowest BCUT2D eigenvalue weighted by Crippen LogP contribution is -1.83. The Labute approximate surface area is 125 Å². The number of aromatic nitrogens is 1. The van der Waals surface area contributed by atoms with E-state index in [0.29, 0.717) is 10.6 Å². The van der Waals surface area contributed by atoms with Gasteiger partial charge in [0.1, 0.15) is 5.52 Å². The van der Waals surface area contributed by atoms with E-state index in [9.17, 15) is 0 Å². The highest BCUT2D eigenvalue weighted by Crippen LogP contribution is 2.35. The standard InChI is InChI=1S/C13H7ClINOS/c14-9-6-10(8-4-2-1-3-5-8)16-11-7-12(18-15)17-13(9)11/h1-7H. The summed E-state index contributed by atoms with van der Waals surface area (Å²) in [5.74, 6) is 0. The first-order chi connectivity index (χ1) is 8.78. The molecule has 2 aromatic heterocycles. The van der Waals surface area contributed by atoms with Crippen LogP contribution in [0, 0.1) is 0 Å². The van der Waals surface area contributed by atoms with Crippen molar-refractivity contribution in [1.29, 1.82) is 0 Å². The van der Waals surface area contributed by atoms with E-state index in [2.05, 4.69) is 26.2 Å². The summed E-state index contributed by atoms with van der Waals surface area (Å²) in [6.07, 6.45) is 0. The van der Waals surface area contributed by atoms with Crippen LogP contribution in [0.15, 0.2) is 52.0 Å². The summed E-state index contributed by atoms with van der Waals surface area (Å²) in [5.41, 5.74) is 3.35. The van der Waals surface area contributed by atoms with Gasteiger partial charge in [-0.05, 0) is 15.0 Å². The van der Waals surface area contributed by atoms with Crippen molar-refractivity contribution in [3.05, 3.63) is 47.5 Å². The molecule has 0 unspecified atom stereocenters. The lowest BCUT2D eigenvalue weighted by molar-refractivity contribution is 0.517. The Morgan fingerprint density at radius 1 is 1.17 bits per heavy atom.